The Labute approximate surface area is 114 Å². The van der Waals surface area contributed by atoms with Crippen molar-refractivity contribution in [2.24, 2.45) is 5.41 Å². The first-order valence-electron chi connectivity index (χ1n) is 7.06. The van der Waals surface area contributed by atoms with Gasteiger partial charge in [0.1, 0.15) is 5.82 Å². The van der Waals surface area contributed by atoms with Gasteiger partial charge in [-0.05, 0) is 45.0 Å². The lowest BCUT2D eigenvalue weighted by Crippen LogP contribution is -2.44. The van der Waals surface area contributed by atoms with Crippen molar-refractivity contribution in [2.75, 3.05) is 25.5 Å². The van der Waals surface area contributed by atoms with Crippen LogP contribution >= 0.6 is 0 Å². The molecule has 102 valence electrons. The minimum absolute atomic E-state index is 0.452. The molecule has 19 heavy (non-hydrogen) atoms. The predicted octanol–water partition coefficient (Wildman–Crippen LogP) is 2.67. The number of nitrogens with one attached hydrogen (secondary N) is 3. The predicted molar refractivity (Wildman–Crippen MR) is 79.5 cm³/mol. The highest BCUT2D eigenvalue weighted by Gasteiger charge is 2.35. The van der Waals surface area contributed by atoms with Crippen LogP contribution in [0.25, 0.3) is 11.0 Å². The van der Waals surface area contributed by atoms with E-state index in [0.717, 1.165) is 29.9 Å². The van der Waals surface area contributed by atoms with E-state index in [1.807, 2.05) is 14.0 Å². The van der Waals surface area contributed by atoms with E-state index in [0.29, 0.717) is 5.41 Å². The van der Waals surface area contributed by atoms with Gasteiger partial charge in [0.15, 0.2) is 0 Å². The molecule has 0 unspecified atom stereocenters. The second-order valence-corrected chi connectivity index (χ2v) is 5.79. The van der Waals surface area contributed by atoms with Gasteiger partial charge in [0, 0.05) is 24.2 Å². The molecule has 4 heteroatoms. The fourth-order valence-corrected chi connectivity index (χ4v) is 3.00. The van der Waals surface area contributed by atoms with Crippen molar-refractivity contribution < 1.29 is 0 Å². The van der Waals surface area contributed by atoms with Crippen LogP contribution in [-0.4, -0.2) is 30.1 Å². The summed E-state index contributed by atoms with van der Waals surface area (Å²) in [4.78, 5) is 7.71. The van der Waals surface area contributed by atoms with Crippen LogP contribution < -0.4 is 10.6 Å². The number of rotatable bonds is 5. The minimum Gasteiger partial charge on any atom is -0.384 e. The van der Waals surface area contributed by atoms with Gasteiger partial charge in [0.2, 0.25) is 0 Å². The SMILES string of the molecule is CNCC1(CNc2ccc3nc(C)[nH]c3c2)CCC1. The molecule has 0 atom stereocenters. The Balaban J connectivity index is 1.70. The molecule has 0 radical (unpaired) electrons. The molecule has 1 saturated carbocycles. The number of aryl methyl sites for hydroxylation is 1. The van der Waals surface area contributed by atoms with E-state index in [9.17, 15) is 0 Å². The van der Waals surface area contributed by atoms with E-state index in [1.165, 1.54) is 24.9 Å². The number of hydrogen-bond acceptors (Lipinski definition) is 3. The Morgan fingerprint density at radius 3 is 2.84 bits per heavy atom. The fourth-order valence-electron chi connectivity index (χ4n) is 3.00. The Hall–Kier alpha value is -1.55. The molecule has 3 N–H and O–H groups in total. The number of aromatic nitrogens is 2. The smallest absolute Gasteiger partial charge is 0.104 e. The molecule has 0 amide bonds. The molecule has 1 heterocycles. The molecular weight excluding hydrogens is 236 g/mol. The summed E-state index contributed by atoms with van der Waals surface area (Å²) in [5.41, 5.74) is 3.78. The first kappa shape index (κ1) is 12.5. The van der Waals surface area contributed by atoms with Crippen LogP contribution in [0, 0.1) is 12.3 Å². The molecule has 4 nitrogen and oxygen atoms in total. The highest BCUT2D eigenvalue weighted by Crippen LogP contribution is 2.40. The van der Waals surface area contributed by atoms with Crippen LogP contribution in [-0.2, 0) is 0 Å². The maximum atomic E-state index is 4.43. The largest absolute Gasteiger partial charge is 0.384 e. The van der Waals surface area contributed by atoms with Crippen molar-refractivity contribution in [1.82, 2.24) is 15.3 Å². The van der Waals surface area contributed by atoms with Crippen molar-refractivity contribution in [2.45, 2.75) is 26.2 Å². The zero-order valence-electron chi connectivity index (χ0n) is 11.7. The van der Waals surface area contributed by atoms with Crippen LogP contribution in [0.15, 0.2) is 18.2 Å². The minimum atomic E-state index is 0.452. The third kappa shape index (κ3) is 2.45. The van der Waals surface area contributed by atoms with Crippen LogP contribution in [0.2, 0.25) is 0 Å². The lowest BCUT2D eigenvalue weighted by atomic mass is 9.68. The summed E-state index contributed by atoms with van der Waals surface area (Å²) in [6, 6.07) is 6.35. The summed E-state index contributed by atoms with van der Waals surface area (Å²) in [5, 5.41) is 6.91. The number of imidazole rings is 1. The Kier molecular flexibility index (Phi) is 3.19. The third-order valence-corrected chi connectivity index (χ3v) is 4.23. The monoisotopic (exact) mass is 258 g/mol. The van der Waals surface area contributed by atoms with Gasteiger partial charge in [-0.25, -0.2) is 4.98 Å². The number of fused-ring (bicyclic) bond motifs is 1. The molecule has 2 aromatic rings. The molecule has 0 saturated heterocycles. The van der Waals surface area contributed by atoms with Gasteiger partial charge in [-0.3, -0.25) is 0 Å². The summed E-state index contributed by atoms with van der Waals surface area (Å²) in [7, 11) is 2.04. The molecule has 0 bridgehead atoms. The van der Waals surface area contributed by atoms with Crippen LogP contribution in [0.5, 0.6) is 0 Å². The Bertz CT molecular complexity index is 569. The molecule has 1 aromatic carbocycles. The molecule has 1 aliphatic rings. The normalized spacial score (nSPS) is 17.4. The van der Waals surface area contributed by atoms with E-state index in [-0.39, 0.29) is 0 Å². The second kappa shape index (κ2) is 4.85. The lowest BCUT2D eigenvalue weighted by Gasteiger charge is -2.42. The van der Waals surface area contributed by atoms with Gasteiger partial charge in [0.25, 0.3) is 0 Å². The number of H-pyrrole nitrogens is 1. The first-order chi connectivity index (χ1) is 9.21. The van der Waals surface area contributed by atoms with Gasteiger partial charge >= 0.3 is 0 Å². The second-order valence-electron chi connectivity index (χ2n) is 5.79. The van der Waals surface area contributed by atoms with Crippen LogP contribution in [0.4, 0.5) is 5.69 Å². The van der Waals surface area contributed by atoms with Gasteiger partial charge in [0.05, 0.1) is 11.0 Å². The number of hydrogen-bond donors (Lipinski definition) is 3. The molecular formula is C15H22N4. The van der Waals surface area contributed by atoms with E-state index in [1.54, 1.807) is 0 Å². The van der Waals surface area contributed by atoms with Crippen LogP contribution in [0.1, 0.15) is 25.1 Å². The van der Waals surface area contributed by atoms with Gasteiger partial charge in [-0.15, -0.1) is 0 Å². The molecule has 1 aromatic heterocycles. The van der Waals surface area contributed by atoms with Gasteiger partial charge < -0.3 is 15.6 Å². The van der Waals surface area contributed by atoms with Gasteiger partial charge in [-0.2, -0.15) is 0 Å². The maximum absolute atomic E-state index is 4.43. The summed E-state index contributed by atoms with van der Waals surface area (Å²) >= 11 is 0. The lowest BCUT2D eigenvalue weighted by molar-refractivity contribution is 0.151. The average Bonchev–Trinajstić information content (AvgIpc) is 2.71. The zero-order valence-corrected chi connectivity index (χ0v) is 11.7. The quantitative estimate of drug-likeness (QED) is 0.773. The first-order valence-corrected chi connectivity index (χ1v) is 7.06. The highest BCUT2D eigenvalue weighted by atomic mass is 14.9. The standard InChI is InChI=1S/C15H22N4/c1-11-18-13-5-4-12(8-14(13)19-11)17-10-15(9-16-2)6-3-7-15/h4-5,8,16-17H,3,6-7,9-10H2,1-2H3,(H,18,19). The molecule has 0 spiro atoms. The Morgan fingerprint density at radius 1 is 1.32 bits per heavy atom. The van der Waals surface area contributed by atoms with Gasteiger partial charge in [-0.1, -0.05) is 6.42 Å². The third-order valence-electron chi connectivity index (χ3n) is 4.23. The topological polar surface area (TPSA) is 52.7 Å². The zero-order chi connectivity index (χ0) is 13.3. The molecule has 1 aliphatic carbocycles. The van der Waals surface area contributed by atoms with Crippen molar-refractivity contribution in [3.8, 4) is 0 Å². The number of benzene rings is 1. The highest BCUT2D eigenvalue weighted by molar-refractivity contribution is 5.79. The van der Waals surface area contributed by atoms with E-state index in [2.05, 4.69) is 38.8 Å². The summed E-state index contributed by atoms with van der Waals surface area (Å²) < 4.78 is 0. The van der Waals surface area contributed by atoms with Crippen molar-refractivity contribution in [3.63, 3.8) is 0 Å². The summed E-state index contributed by atoms with van der Waals surface area (Å²) in [6.07, 6.45) is 4.01. The Morgan fingerprint density at radius 2 is 2.16 bits per heavy atom. The average molecular weight is 258 g/mol. The molecule has 1 fully saturated rings. The number of anilines is 1. The van der Waals surface area contributed by atoms with Crippen molar-refractivity contribution in [3.05, 3.63) is 24.0 Å². The van der Waals surface area contributed by atoms with E-state index >= 15 is 0 Å². The van der Waals surface area contributed by atoms with Crippen LogP contribution in [0.3, 0.4) is 0 Å². The fraction of sp³-hybridized carbons (Fsp3) is 0.533. The van der Waals surface area contributed by atoms with Crippen molar-refractivity contribution >= 4 is 16.7 Å². The molecule has 0 aliphatic heterocycles. The van der Waals surface area contributed by atoms with Crippen molar-refractivity contribution in [1.29, 1.82) is 0 Å². The maximum Gasteiger partial charge on any atom is 0.104 e. The summed E-state index contributed by atoms with van der Waals surface area (Å²) in [6.45, 7) is 4.14. The van der Waals surface area contributed by atoms with E-state index < -0.39 is 0 Å². The number of nitrogens with zero attached hydrogens (tertiary/aromatic N) is 1. The number of aromatic amines is 1. The summed E-state index contributed by atoms with van der Waals surface area (Å²) in [5.74, 6) is 0.970. The van der Waals surface area contributed by atoms with E-state index in [4.69, 9.17) is 0 Å². The molecule has 3 rings (SSSR count).